The van der Waals surface area contributed by atoms with Crippen LogP contribution >= 0.6 is 11.3 Å². The van der Waals surface area contributed by atoms with Crippen LogP contribution in [-0.4, -0.2) is 51.9 Å². The Labute approximate surface area is 213 Å². The fraction of sp³-hybridized carbons (Fsp3) is 0.214. The largest absolute Gasteiger partial charge is 0.354 e. The summed E-state index contributed by atoms with van der Waals surface area (Å²) in [5, 5.41) is 10.0. The molecule has 0 radical (unpaired) electrons. The number of carbonyl (C=O) groups is 1. The second kappa shape index (κ2) is 9.29. The van der Waals surface area contributed by atoms with Gasteiger partial charge in [0.25, 0.3) is 5.91 Å². The highest BCUT2D eigenvalue weighted by Crippen LogP contribution is 2.35. The highest BCUT2D eigenvalue weighted by atomic mass is 32.1. The van der Waals surface area contributed by atoms with Crippen molar-refractivity contribution in [3.05, 3.63) is 77.7 Å². The molecule has 0 bridgehead atoms. The monoisotopic (exact) mass is 494 g/mol. The van der Waals surface area contributed by atoms with E-state index in [1.807, 2.05) is 6.07 Å². The van der Waals surface area contributed by atoms with Gasteiger partial charge in [-0.05, 0) is 79.2 Å². The second-order valence-electron chi connectivity index (χ2n) is 9.35. The first-order valence-corrected chi connectivity index (χ1v) is 12.9. The van der Waals surface area contributed by atoms with Gasteiger partial charge in [0.1, 0.15) is 0 Å². The van der Waals surface area contributed by atoms with E-state index >= 15 is 0 Å². The van der Waals surface area contributed by atoms with Crippen LogP contribution < -0.4 is 10.6 Å². The number of aryl methyl sites for hydroxylation is 1. The number of carbonyl (C=O) groups excluding carboxylic acids is 1. The van der Waals surface area contributed by atoms with Crippen molar-refractivity contribution < 1.29 is 4.79 Å². The van der Waals surface area contributed by atoms with Crippen LogP contribution in [0.3, 0.4) is 0 Å². The lowest BCUT2D eigenvalue weighted by molar-refractivity contribution is 0.0939. The molecule has 5 aromatic rings. The molecule has 36 heavy (non-hydrogen) atoms. The molecule has 0 unspecified atom stereocenters. The zero-order valence-corrected chi connectivity index (χ0v) is 21.0. The predicted molar refractivity (Wildman–Crippen MR) is 146 cm³/mol. The summed E-state index contributed by atoms with van der Waals surface area (Å²) in [4.78, 5) is 28.8. The molecule has 1 amide bonds. The molecule has 0 aliphatic carbocycles. The highest BCUT2D eigenvalue weighted by Gasteiger charge is 2.23. The standard InChI is InChI=1S/C28H26N6OS/c1-17-16-36-26-4-3-18(11-22(17)26)23-12-20(13-24-27(23)31-9-8-30-24)32-25-14-29-7-5-21(25)28(35)33-19-6-10-34(2)15-19/h3-5,7-9,11-14,16,19,32H,6,10,15H2,1-2H3,(H,33,35)/t19-/m0/s1. The van der Waals surface area contributed by atoms with E-state index in [0.717, 1.165) is 47.4 Å². The molecule has 0 spiro atoms. The number of fused-ring (bicyclic) bond motifs is 2. The summed E-state index contributed by atoms with van der Waals surface area (Å²) in [6.07, 6.45) is 7.71. The molecule has 1 atom stereocenters. The zero-order valence-electron chi connectivity index (χ0n) is 20.2. The van der Waals surface area contributed by atoms with Gasteiger partial charge in [-0.3, -0.25) is 19.7 Å². The van der Waals surface area contributed by atoms with E-state index in [2.05, 4.69) is 74.1 Å². The minimum Gasteiger partial charge on any atom is -0.354 e. The maximum Gasteiger partial charge on any atom is 0.253 e. The number of hydrogen-bond donors (Lipinski definition) is 2. The van der Waals surface area contributed by atoms with E-state index < -0.39 is 0 Å². The van der Waals surface area contributed by atoms with Gasteiger partial charge in [0.15, 0.2) is 0 Å². The molecule has 1 aliphatic rings. The van der Waals surface area contributed by atoms with Gasteiger partial charge in [0.05, 0.1) is 28.5 Å². The minimum absolute atomic E-state index is 0.0978. The third-order valence-corrected chi connectivity index (χ3v) is 7.80. The number of hydrogen-bond acceptors (Lipinski definition) is 7. The van der Waals surface area contributed by atoms with E-state index in [0.29, 0.717) is 11.3 Å². The summed E-state index contributed by atoms with van der Waals surface area (Å²) in [6.45, 7) is 3.99. The van der Waals surface area contributed by atoms with Crippen LogP contribution in [0.2, 0.25) is 0 Å². The van der Waals surface area contributed by atoms with Crippen molar-refractivity contribution in [1.29, 1.82) is 0 Å². The maximum atomic E-state index is 13.1. The molecular weight excluding hydrogens is 468 g/mol. The number of nitrogens with zero attached hydrogens (tertiary/aromatic N) is 4. The maximum absolute atomic E-state index is 13.1. The average molecular weight is 495 g/mol. The molecule has 1 aliphatic heterocycles. The Kier molecular flexibility index (Phi) is 5.83. The molecule has 8 heteroatoms. The highest BCUT2D eigenvalue weighted by molar-refractivity contribution is 7.17. The Balaban J connectivity index is 1.38. The molecule has 2 aromatic carbocycles. The van der Waals surface area contributed by atoms with Crippen molar-refractivity contribution >= 4 is 49.7 Å². The predicted octanol–water partition coefficient (Wildman–Crippen LogP) is 5.39. The van der Waals surface area contributed by atoms with Crippen molar-refractivity contribution in [3.8, 4) is 11.1 Å². The van der Waals surface area contributed by atoms with Crippen molar-refractivity contribution in [1.82, 2.24) is 25.2 Å². The van der Waals surface area contributed by atoms with E-state index in [-0.39, 0.29) is 11.9 Å². The molecule has 180 valence electrons. The molecular formula is C28H26N6OS. The van der Waals surface area contributed by atoms with E-state index in [1.54, 1.807) is 42.2 Å². The summed E-state index contributed by atoms with van der Waals surface area (Å²) in [5.74, 6) is -0.0978. The Morgan fingerprint density at radius 3 is 2.86 bits per heavy atom. The number of likely N-dealkylation sites (N-methyl/N-ethyl adjacent to an activating group) is 1. The summed E-state index contributed by atoms with van der Waals surface area (Å²) in [5.41, 5.74) is 6.99. The molecule has 1 saturated heterocycles. The topological polar surface area (TPSA) is 83.0 Å². The van der Waals surface area contributed by atoms with Crippen LogP contribution in [0.15, 0.2) is 66.6 Å². The average Bonchev–Trinajstić information content (AvgIpc) is 3.48. The van der Waals surface area contributed by atoms with Gasteiger partial charge in [-0.25, -0.2) is 0 Å². The Morgan fingerprint density at radius 1 is 1.11 bits per heavy atom. The number of rotatable bonds is 5. The lowest BCUT2D eigenvalue weighted by atomic mass is 10.0. The fourth-order valence-electron chi connectivity index (χ4n) is 4.85. The lowest BCUT2D eigenvalue weighted by Gasteiger charge is -2.16. The summed E-state index contributed by atoms with van der Waals surface area (Å²) in [7, 11) is 2.07. The van der Waals surface area contributed by atoms with Gasteiger partial charge in [-0.1, -0.05) is 6.07 Å². The molecule has 6 rings (SSSR count). The number of amides is 1. The van der Waals surface area contributed by atoms with Gasteiger partial charge in [0.2, 0.25) is 0 Å². The smallest absolute Gasteiger partial charge is 0.253 e. The van der Waals surface area contributed by atoms with E-state index in [4.69, 9.17) is 0 Å². The number of nitrogens with one attached hydrogen (secondary N) is 2. The lowest BCUT2D eigenvalue weighted by Crippen LogP contribution is -2.36. The van der Waals surface area contributed by atoms with Gasteiger partial charge in [-0.2, -0.15) is 0 Å². The van der Waals surface area contributed by atoms with Gasteiger partial charge in [0, 0.05) is 47.1 Å². The van der Waals surface area contributed by atoms with Crippen LogP contribution in [0.4, 0.5) is 11.4 Å². The van der Waals surface area contributed by atoms with E-state index in [9.17, 15) is 4.79 Å². The molecule has 2 N–H and O–H groups in total. The Morgan fingerprint density at radius 2 is 2.00 bits per heavy atom. The number of benzene rings is 2. The molecule has 3 aromatic heterocycles. The molecule has 7 nitrogen and oxygen atoms in total. The van der Waals surface area contributed by atoms with Gasteiger partial charge >= 0.3 is 0 Å². The second-order valence-corrected chi connectivity index (χ2v) is 10.3. The summed E-state index contributed by atoms with van der Waals surface area (Å²) < 4.78 is 1.26. The quantitative estimate of drug-likeness (QED) is 0.341. The van der Waals surface area contributed by atoms with Gasteiger partial charge < -0.3 is 15.5 Å². The first-order valence-electron chi connectivity index (χ1n) is 12.0. The van der Waals surface area contributed by atoms with Crippen molar-refractivity contribution in [3.63, 3.8) is 0 Å². The van der Waals surface area contributed by atoms with Crippen molar-refractivity contribution in [2.24, 2.45) is 0 Å². The first kappa shape index (κ1) is 22.6. The fourth-order valence-corrected chi connectivity index (χ4v) is 5.78. The minimum atomic E-state index is -0.0978. The van der Waals surface area contributed by atoms with Crippen LogP contribution in [0, 0.1) is 6.92 Å². The van der Waals surface area contributed by atoms with E-state index in [1.165, 1.54) is 15.6 Å². The summed E-state index contributed by atoms with van der Waals surface area (Å²) >= 11 is 1.75. The molecule has 0 saturated carbocycles. The number of aromatic nitrogens is 3. The molecule has 4 heterocycles. The molecule has 1 fully saturated rings. The summed E-state index contributed by atoms with van der Waals surface area (Å²) in [6, 6.07) is 12.5. The Hall–Kier alpha value is -3.88. The number of likely N-dealkylation sites (tertiary alicyclic amines) is 1. The van der Waals surface area contributed by atoms with Crippen LogP contribution in [-0.2, 0) is 0 Å². The zero-order chi connectivity index (χ0) is 24.6. The SMILES string of the molecule is Cc1csc2ccc(-c3cc(Nc4cnccc4C(=O)N[C@H]4CCN(C)C4)cc4nccnc34)cc12. The normalized spacial score (nSPS) is 16.0. The number of anilines is 2. The third-order valence-electron chi connectivity index (χ3n) is 6.72. The number of thiophene rings is 1. The third kappa shape index (κ3) is 4.29. The number of pyridine rings is 1. The Bertz CT molecular complexity index is 1600. The first-order chi connectivity index (χ1) is 17.5. The van der Waals surface area contributed by atoms with Crippen LogP contribution in [0.1, 0.15) is 22.3 Å². The van der Waals surface area contributed by atoms with Gasteiger partial charge in [-0.15, -0.1) is 11.3 Å². The van der Waals surface area contributed by atoms with Crippen LogP contribution in [0.25, 0.3) is 32.2 Å². The van der Waals surface area contributed by atoms with Crippen molar-refractivity contribution in [2.45, 2.75) is 19.4 Å². The van der Waals surface area contributed by atoms with Crippen LogP contribution in [0.5, 0.6) is 0 Å². The van der Waals surface area contributed by atoms with Crippen molar-refractivity contribution in [2.75, 3.05) is 25.5 Å².